The standard InChI is InChI=1S/C12H12N2O2/c1-7-3-9(13-2)8-4-11-12(16-6-15-11)5-10(8)14-7/h3-5H,6H2,1-2H3,(H,13,14). The Kier molecular flexibility index (Phi) is 1.89. The van der Waals surface area contributed by atoms with Crippen molar-refractivity contribution in [3.63, 3.8) is 0 Å². The molecule has 0 atom stereocenters. The average Bonchev–Trinajstić information content (AvgIpc) is 2.72. The van der Waals surface area contributed by atoms with E-state index in [4.69, 9.17) is 9.47 Å². The monoisotopic (exact) mass is 216 g/mol. The summed E-state index contributed by atoms with van der Waals surface area (Å²) in [6.07, 6.45) is 0. The third-order valence-corrected chi connectivity index (χ3v) is 2.70. The molecule has 1 aromatic heterocycles. The average molecular weight is 216 g/mol. The molecule has 0 spiro atoms. The van der Waals surface area contributed by atoms with E-state index in [9.17, 15) is 0 Å². The van der Waals surface area contributed by atoms with E-state index < -0.39 is 0 Å². The van der Waals surface area contributed by atoms with E-state index in [1.165, 1.54) is 0 Å². The molecule has 0 bridgehead atoms. The smallest absolute Gasteiger partial charge is 0.231 e. The fourth-order valence-corrected chi connectivity index (χ4v) is 1.96. The van der Waals surface area contributed by atoms with Crippen molar-refractivity contribution >= 4 is 16.6 Å². The number of ether oxygens (including phenoxy) is 2. The van der Waals surface area contributed by atoms with Gasteiger partial charge in [-0.3, -0.25) is 4.98 Å². The van der Waals surface area contributed by atoms with Gasteiger partial charge >= 0.3 is 0 Å². The van der Waals surface area contributed by atoms with Gasteiger partial charge in [-0.15, -0.1) is 0 Å². The first-order chi connectivity index (χ1) is 7.78. The first kappa shape index (κ1) is 9.27. The van der Waals surface area contributed by atoms with Gasteiger partial charge < -0.3 is 14.8 Å². The lowest BCUT2D eigenvalue weighted by atomic mass is 10.1. The molecule has 1 aromatic carbocycles. The number of pyridine rings is 1. The van der Waals surface area contributed by atoms with Crippen LogP contribution in [-0.2, 0) is 0 Å². The molecular weight excluding hydrogens is 204 g/mol. The van der Waals surface area contributed by atoms with Crippen LogP contribution >= 0.6 is 0 Å². The molecule has 4 nitrogen and oxygen atoms in total. The van der Waals surface area contributed by atoms with Crippen LogP contribution in [0.15, 0.2) is 18.2 Å². The first-order valence-corrected chi connectivity index (χ1v) is 5.16. The van der Waals surface area contributed by atoms with Gasteiger partial charge in [0.2, 0.25) is 6.79 Å². The van der Waals surface area contributed by atoms with Crippen LogP contribution in [0, 0.1) is 6.92 Å². The van der Waals surface area contributed by atoms with E-state index >= 15 is 0 Å². The van der Waals surface area contributed by atoms with E-state index in [0.717, 1.165) is 33.8 Å². The van der Waals surface area contributed by atoms with Gasteiger partial charge in [-0.2, -0.15) is 0 Å². The number of aromatic nitrogens is 1. The quantitative estimate of drug-likeness (QED) is 0.794. The molecular formula is C12H12N2O2. The lowest BCUT2D eigenvalue weighted by molar-refractivity contribution is 0.174. The van der Waals surface area contributed by atoms with Gasteiger partial charge in [0.25, 0.3) is 0 Å². The zero-order valence-corrected chi connectivity index (χ0v) is 9.20. The van der Waals surface area contributed by atoms with Crippen LogP contribution in [0.2, 0.25) is 0 Å². The normalized spacial score (nSPS) is 13.1. The van der Waals surface area contributed by atoms with E-state index in [-0.39, 0.29) is 0 Å². The lowest BCUT2D eigenvalue weighted by Crippen LogP contribution is -1.93. The van der Waals surface area contributed by atoms with Crippen LogP contribution in [0.4, 0.5) is 5.69 Å². The van der Waals surface area contributed by atoms with Gasteiger partial charge in [0.15, 0.2) is 11.5 Å². The molecule has 1 N–H and O–H groups in total. The number of nitrogens with one attached hydrogen (secondary N) is 1. The Balaban J connectivity index is 2.34. The minimum atomic E-state index is 0.291. The van der Waals surface area contributed by atoms with Crippen molar-refractivity contribution in [1.29, 1.82) is 0 Å². The maximum absolute atomic E-state index is 5.36. The van der Waals surface area contributed by atoms with E-state index in [1.54, 1.807) is 0 Å². The Hall–Kier alpha value is -1.97. The number of anilines is 1. The number of rotatable bonds is 1. The molecule has 82 valence electrons. The van der Waals surface area contributed by atoms with Gasteiger partial charge in [0, 0.05) is 29.9 Å². The maximum Gasteiger partial charge on any atom is 0.231 e. The Morgan fingerprint density at radius 3 is 2.69 bits per heavy atom. The van der Waals surface area contributed by atoms with Crippen LogP contribution < -0.4 is 14.8 Å². The topological polar surface area (TPSA) is 43.4 Å². The highest BCUT2D eigenvalue weighted by atomic mass is 16.7. The summed E-state index contributed by atoms with van der Waals surface area (Å²) in [6.45, 7) is 2.27. The second kappa shape index (κ2) is 3.27. The molecule has 0 fully saturated rings. The number of hydrogen-bond donors (Lipinski definition) is 1. The summed E-state index contributed by atoms with van der Waals surface area (Å²) >= 11 is 0. The third kappa shape index (κ3) is 1.26. The van der Waals surface area contributed by atoms with Crippen molar-refractivity contribution in [3.05, 3.63) is 23.9 Å². The van der Waals surface area contributed by atoms with Crippen molar-refractivity contribution in [3.8, 4) is 11.5 Å². The van der Waals surface area contributed by atoms with Gasteiger partial charge in [-0.1, -0.05) is 0 Å². The first-order valence-electron chi connectivity index (χ1n) is 5.16. The zero-order chi connectivity index (χ0) is 11.1. The number of nitrogens with zero attached hydrogens (tertiary/aromatic N) is 1. The predicted octanol–water partition coefficient (Wildman–Crippen LogP) is 2.31. The Labute approximate surface area is 93.2 Å². The van der Waals surface area contributed by atoms with Gasteiger partial charge in [-0.05, 0) is 19.1 Å². The largest absolute Gasteiger partial charge is 0.454 e. The van der Waals surface area contributed by atoms with Gasteiger partial charge in [-0.25, -0.2) is 0 Å². The maximum atomic E-state index is 5.36. The number of fused-ring (bicyclic) bond motifs is 2. The summed E-state index contributed by atoms with van der Waals surface area (Å²) in [5, 5.41) is 4.22. The van der Waals surface area contributed by atoms with Crippen LogP contribution in [0.5, 0.6) is 11.5 Å². The Bertz CT molecular complexity index is 566. The molecule has 3 rings (SSSR count). The highest BCUT2D eigenvalue weighted by Gasteiger charge is 2.16. The number of aryl methyl sites for hydroxylation is 1. The molecule has 0 radical (unpaired) electrons. The van der Waals surface area contributed by atoms with E-state index in [2.05, 4.69) is 10.3 Å². The molecule has 0 aliphatic carbocycles. The molecule has 1 aliphatic rings. The SMILES string of the molecule is CNc1cc(C)nc2cc3c(cc12)OCO3. The second-order valence-corrected chi connectivity index (χ2v) is 3.78. The predicted molar refractivity (Wildman–Crippen MR) is 62.1 cm³/mol. The third-order valence-electron chi connectivity index (χ3n) is 2.70. The molecule has 4 heteroatoms. The minimum Gasteiger partial charge on any atom is -0.454 e. The highest BCUT2D eigenvalue weighted by molar-refractivity contribution is 5.93. The molecule has 0 saturated heterocycles. The zero-order valence-electron chi connectivity index (χ0n) is 9.20. The van der Waals surface area contributed by atoms with Crippen LogP contribution in [0.1, 0.15) is 5.69 Å². The molecule has 0 saturated carbocycles. The molecule has 2 heterocycles. The fourth-order valence-electron chi connectivity index (χ4n) is 1.96. The lowest BCUT2D eigenvalue weighted by Gasteiger charge is -2.08. The molecule has 0 unspecified atom stereocenters. The molecule has 0 amide bonds. The van der Waals surface area contributed by atoms with Gasteiger partial charge in [0.1, 0.15) is 0 Å². The van der Waals surface area contributed by atoms with E-state index in [0.29, 0.717) is 6.79 Å². The summed E-state index contributed by atoms with van der Waals surface area (Å²) in [5.74, 6) is 1.56. The highest BCUT2D eigenvalue weighted by Crippen LogP contribution is 2.37. The molecule has 1 aliphatic heterocycles. The van der Waals surface area contributed by atoms with Gasteiger partial charge in [0.05, 0.1) is 5.52 Å². The van der Waals surface area contributed by atoms with Crippen molar-refractivity contribution in [2.45, 2.75) is 6.92 Å². The van der Waals surface area contributed by atoms with Crippen LogP contribution in [-0.4, -0.2) is 18.8 Å². The van der Waals surface area contributed by atoms with Crippen LogP contribution in [0.3, 0.4) is 0 Å². The molecule has 2 aromatic rings. The van der Waals surface area contributed by atoms with Crippen molar-refractivity contribution < 1.29 is 9.47 Å². The Morgan fingerprint density at radius 1 is 1.19 bits per heavy atom. The summed E-state index contributed by atoms with van der Waals surface area (Å²) in [7, 11) is 1.90. The van der Waals surface area contributed by atoms with Crippen molar-refractivity contribution in [1.82, 2.24) is 4.98 Å². The molecule has 16 heavy (non-hydrogen) atoms. The Morgan fingerprint density at radius 2 is 1.94 bits per heavy atom. The van der Waals surface area contributed by atoms with Crippen molar-refractivity contribution in [2.24, 2.45) is 0 Å². The summed E-state index contributed by atoms with van der Waals surface area (Å²) < 4.78 is 10.7. The summed E-state index contributed by atoms with van der Waals surface area (Å²) in [6, 6.07) is 5.91. The minimum absolute atomic E-state index is 0.291. The van der Waals surface area contributed by atoms with Crippen molar-refractivity contribution in [2.75, 3.05) is 19.2 Å². The summed E-state index contributed by atoms with van der Waals surface area (Å²) in [4.78, 5) is 4.49. The number of hydrogen-bond acceptors (Lipinski definition) is 4. The van der Waals surface area contributed by atoms with Crippen LogP contribution in [0.25, 0.3) is 10.9 Å². The second-order valence-electron chi connectivity index (χ2n) is 3.78. The van der Waals surface area contributed by atoms with E-state index in [1.807, 2.05) is 32.2 Å². The fraction of sp³-hybridized carbons (Fsp3) is 0.250. The number of benzene rings is 1. The summed E-state index contributed by atoms with van der Waals surface area (Å²) in [5.41, 5.74) is 2.96.